The lowest BCUT2D eigenvalue weighted by molar-refractivity contribution is 0.0780. The molecule has 1 N–H and O–H groups in total. The van der Waals surface area contributed by atoms with E-state index in [0.29, 0.717) is 18.1 Å². The quantitative estimate of drug-likeness (QED) is 0.795. The van der Waals surface area contributed by atoms with Crippen LogP contribution in [0.15, 0.2) is 12.4 Å². The fraction of sp³-hybridized carbons (Fsp3) is 0.615. The Labute approximate surface area is 114 Å². The molecule has 106 valence electrons. The summed E-state index contributed by atoms with van der Waals surface area (Å²) in [5.41, 5.74) is 0.377. The summed E-state index contributed by atoms with van der Waals surface area (Å²) in [6.45, 7) is 4.39. The minimum atomic E-state index is -0.102. The van der Waals surface area contributed by atoms with Gasteiger partial charge in [0, 0.05) is 26.7 Å². The summed E-state index contributed by atoms with van der Waals surface area (Å²) in [6.07, 6.45) is 4.14. The SMILES string of the molecule is CCCNc1cncc(C(=O)N(C)CCN(C)C)n1. The van der Waals surface area contributed by atoms with Gasteiger partial charge in [-0.15, -0.1) is 0 Å². The highest BCUT2D eigenvalue weighted by Crippen LogP contribution is 2.04. The maximum Gasteiger partial charge on any atom is 0.273 e. The van der Waals surface area contributed by atoms with Crippen LogP contribution in [-0.2, 0) is 0 Å². The molecule has 0 radical (unpaired) electrons. The fourth-order valence-electron chi connectivity index (χ4n) is 1.45. The van der Waals surface area contributed by atoms with Gasteiger partial charge in [0.05, 0.1) is 12.4 Å². The van der Waals surface area contributed by atoms with Gasteiger partial charge in [-0.1, -0.05) is 6.92 Å². The number of anilines is 1. The van der Waals surface area contributed by atoms with Gasteiger partial charge >= 0.3 is 0 Å². The number of aromatic nitrogens is 2. The minimum absolute atomic E-state index is 0.102. The molecule has 1 amide bonds. The molecule has 0 aromatic carbocycles. The van der Waals surface area contributed by atoms with Crippen LogP contribution in [0.1, 0.15) is 23.8 Å². The Kier molecular flexibility index (Phi) is 6.21. The van der Waals surface area contributed by atoms with E-state index in [0.717, 1.165) is 19.5 Å². The molecule has 0 spiro atoms. The van der Waals surface area contributed by atoms with Crippen molar-refractivity contribution in [2.75, 3.05) is 46.1 Å². The molecule has 0 aliphatic carbocycles. The molecular formula is C13H23N5O. The normalized spacial score (nSPS) is 10.6. The van der Waals surface area contributed by atoms with Crippen LogP contribution >= 0.6 is 0 Å². The molecule has 0 atom stereocenters. The third-order valence-electron chi connectivity index (χ3n) is 2.64. The van der Waals surface area contributed by atoms with Crippen molar-refractivity contribution < 1.29 is 4.79 Å². The van der Waals surface area contributed by atoms with Gasteiger partial charge in [0.2, 0.25) is 0 Å². The monoisotopic (exact) mass is 265 g/mol. The molecule has 0 bridgehead atoms. The van der Waals surface area contributed by atoms with E-state index >= 15 is 0 Å². The second kappa shape index (κ2) is 7.68. The van der Waals surface area contributed by atoms with Crippen LogP contribution in [0.2, 0.25) is 0 Å². The predicted molar refractivity (Wildman–Crippen MR) is 76.3 cm³/mol. The molecule has 0 fully saturated rings. The first kappa shape index (κ1) is 15.4. The standard InChI is InChI=1S/C13H23N5O/c1-5-6-15-12-10-14-9-11(16-12)13(19)18(4)8-7-17(2)3/h9-10H,5-8H2,1-4H3,(H,15,16). The van der Waals surface area contributed by atoms with Crippen molar-refractivity contribution in [2.45, 2.75) is 13.3 Å². The number of hydrogen-bond acceptors (Lipinski definition) is 5. The smallest absolute Gasteiger partial charge is 0.273 e. The number of amides is 1. The van der Waals surface area contributed by atoms with Gasteiger partial charge in [0.1, 0.15) is 11.5 Å². The highest BCUT2D eigenvalue weighted by atomic mass is 16.2. The highest BCUT2D eigenvalue weighted by molar-refractivity contribution is 5.92. The molecule has 0 aliphatic heterocycles. The zero-order chi connectivity index (χ0) is 14.3. The second-order valence-corrected chi connectivity index (χ2v) is 4.75. The van der Waals surface area contributed by atoms with E-state index in [1.165, 1.54) is 6.20 Å². The number of hydrogen-bond donors (Lipinski definition) is 1. The molecule has 1 heterocycles. The lowest BCUT2D eigenvalue weighted by Gasteiger charge is -2.19. The first-order chi connectivity index (χ1) is 9.04. The Hall–Kier alpha value is -1.69. The van der Waals surface area contributed by atoms with Crippen molar-refractivity contribution in [3.05, 3.63) is 18.1 Å². The maximum absolute atomic E-state index is 12.2. The molecule has 1 rings (SSSR count). The molecule has 0 saturated heterocycles. The van der Waals surface area contributed by atoms with Crippen LogP contribution in [0.5, 0.6) is 0 Å². The molecule has 0 saturated carbocycles. The van der Waals surface area contributed by atoms with Crippen LogP contribution in [-0.4, -0.2) is 66.5 Å². The van der Waals surface area contributed by atoms with Crippen LogP contribution < -0.4 is 5.32 Å². The van der Waals surface area contributed by atoms with E-state index in [-0.39, 0.29) is 5.91 Å². The molecule has 0 aliphatic rings. The van der Waals surface area contributed by atoms with Gasteiger partial charge in [0.25, 0.3) is 5.91 Å². The van der Waals surface area contributed by atoms with Crippen LogP contribution in [0.4, 0.5) is 5.82 Å². The number of nitrogens with zero attached hydrogens (tertiary/aromatic N) is 4. The van der Waals surface area contributed by atoms with Crippen molar-refractivity contribution in [1.29, 1.82) is 0 Å². The van der Waals surface area contributed by atoms with Gasteiger partial charge in [-0.2, -0.15) is 0 Å². The summed E-state index contributed by atoms with van der Waals surface area (Å²) < 4.78 is 0. The highest BCUT2D eigenvalue weighted by Gasteiger charge is 2.14. The molecule has 6 nitrogen and oxygen atoms in total. The van der Waals surface area contributed by atoms with Crippen LogP contribution in [0.25, 0.3) is 0 Å². The summed E-state index contributed by atoms with van der Waals surface area (Å²) >= 11 is 0. The summed E-state index contributed by atoms with van der Waals surface area (Å²) in [7, 11) is 5.74. The maximum atomic E-state index is 12.2. The number of likely N-dealkylation sites (N-methyl/N-ethyl adjacent to an activating group) is 2. The number of carbonyl (C=O) groups is 1. The molecule has 0 unspecified atom stereocenters. The second-order valence-electron chi connectivity index (χ2n) is 4.75. The van der Waals surface area contributed by atoms with Crippen molar-refractivity contribution in [1.82, 2.24) is 19.8 Å². The van der Waals surface area contributed by atoms with E-state index in [1.807, 2.05) is 19.0 Å². The molecule has 1 aromatic rings. The van der Waals surface area contributed by atoms with Crippen molar-refractivity contribution in [2.24, 2.45) is 0 Å². The zero-order valence-electron chi connectivity index (χ0n) is 12.2. The Morgan fingerprint density at radius 3 is 2.63 bits per heavy atom. The number of rotatable bonds is 7. The average Bonchev–Trinajstić information content (AvgIpc) is 2.41. The molecule has 19 heavy (non-hydrogen) atoms. The predicted octanol–water partition coefficient (Wildman–Crippen LogP) is 0.932. The van der Waals surface area contributed by atoms with Gasteiger partial charge in [-0.3, -0.25) is 9.78 Å². The van der Waals surface area contributed by atoms with E-state index < -0.39 is 0 Å². The lowest BCUT2D eigenvalue weighted by atomic mass is 10.3. The molecule has 6 heteroatoms. The van der Waals surface area contributed by atoms with Crippen molar-refractivity contribution in [3.8, 4) is 0 Å². The Morgan fingerprint density at radius 2 is 2.00 bits per heavy atom. The van der Waals surface area contributed by atoms with E-state index in [2.05, 4.69) is 22.2 Å². The topological polar surface area (TPSA) is 61.4 Å². The Balaban J connectivity index is 2.65. The van der Waals surface area contributed by atoms with E-state index in [9.17, 15) is 4.79 Å². The van der Waals surface area contributed by atoms with Gasteiger partial charge < -0.3 is 15.1 Å². The first-order valence-corrected chi connectivity index (χ1v) is 6.50. The van der Waals surface area contributed by atoms with Crippen molar-refractivity contribution in [3.63, 3.8) is 0 Å². The lowest BCUT2D eigenvalue weighted by Crippen LogP contribution is -2.34. The zero-order valence-corrected chi connectivity index (χ0v) is 12.2. The third kappa shape index (κ3) is 5.21. The largest absolute Gasteiger partial charge is 0.369 e. The van der Waals surface area contributed by atoms with Crippen LogP contribution in [0, 0.1) is 0 Å². The Bertz CT molecular complexity index is 408. The summed E-state index contributed by atoms with van der Waals surface area (Å²) in [6, 6.07) is 0. The van der Waals surface area contributed by atoms with E-state index in [1.54, 1.807) is 18.1 Å². The van der Waals surface area contributed by atoms with Gasteiger partial charge in [-0.05, 0) is 20.5 Å². The number of carbonyl (C=O) groups excluding carboxylic acids is 1. The molecule has 1 aromatic heterocycles. The average molecular weight is 265 g/mol. The minimum Gasteiger partial charge on any atom is -0.369 e. The van der Waals surface area contributed by atoms with Gasteiger partial charge in [-0.25, -0.2) is 4.98 Å². The van der Waals surface area contributed by atoms with Crippen molar-refractivity contribution >= 4 is 11.7 Å². The number of nitrogens with one attached hydrogen (secondary N) is 1. The first-order valence-electron chi connectivity index (χ1n) is 6.50. The third-order valence-corrected chi connectivity index (χ3v) is 2.64. The van der Waals surface area contributed by atoms with Gasteiger partial charge in [0.15, 0.2) is 0 Å². The summed E-state index contributed by atoms with van der Waals surface area (Å²) in [5.74, 6) is 0.545. The van der Waals surface area contributed by atoms with Crippen LogP contribution in [0.3, 0.4) is 0 Å². The summed E-state index contributed by atoms with van der Waals surface area (Å²) in [5, 5.41) is 3.13. The van der Waals surface area contributed by atoms with E-state index in [4.69, 9.17) is 0 Å². The summed E-state index contributed by atoms with van der Waals surface area (Å²) in [4.78, 5) is 24.2. The Morgan fingerprint density at radius 1 is 1.26 bits per heavy atom. The fourth-order valence-corrected chi connectivity index (χ4v) is 1.45. The molecular weight excluding hydrogens is 242 g/mol.